The molecule has 0 aliphatic rings. The average molecular weight is 396 g/mol. The van der Waals surface area contributed by atoms with Crippen LogP contribution < -0.4 is 10.5 Å². The fourth-order valence-electron chi connectivity index (χ4n) is 2.84. The molecular weight excluding hydrogens is 368 g/mol. The van der Waals surface area contributed by atoms with E-state index < -0.39 is 5.54 Å². The van der Waals surface area contributed by atoms with Crippen LogP contribution in [0.3, 0.4) is 0 Å². The van der Waals surface area contributed by atoms with Gasteiger partial charge in [0.1, 0.15) is 23.5 Å². The van der Waals surface area contributed by atoms with Gasteiger partial charge in [-0.05, 0) is 54.8 Å². The van der Waals surface area contributed by atoms with Gasteiger partial charge in [-0.1, -0.05) is 26.0 Å². The highest BCUT2D eigenvalue weighted by molar-refractivity contribution is 5.59. The SMILES string of the molecule is CC(C)c1nc(-c2ccc(Oc3ccc(CCC(N)(CO)CO)cc3)cc2)co1. The number of nitrogens with zero attached hydrogens (tertiary/aromatic N) is 1. The van der Waals surface area contributed by atoms with Gasteiger partial charge in [-0.3, -0.25) is 0 Å². The number of aryl methyl sites for hydroxylation is 1. The van der Waals surface area contributed by atoms with E-state index in [9.17, 15) is 10.2 Å². The third-order valence-electron chi connectivity index (χ3n) is 4.87. The van der Waals surface area contributed by atoms with Gasteiger partial charge < -0.3 is 25.1 Å². The van der Waals surface area contributed by atoms with Crippen LogP contribution >= 0.6 is 0 Å². The molecule has 3 aromatic rings. The van der Waals surface area contributed by atoms with Gasteiger partial charge in [0.2, 0.25) is 0 Å². The van der Waals surface area contributed by atoms with Crippen LogP contribution in [0.1, 0.15) is 37.6 Å². The second-order valence-electron chi connectivity index (χ2n) is 7.67. The predicted molar refractivity (Wildman–Crippen MR) is 112 cm³/mol. The molecule has 0 unspecified atom stereocenters. The van der Waals surface area contributed by atoms with E-state index in [1.54, 1.807) is 6.26 Å². The lowest BCUT2D eigenvalue weighted by Crippen LogP contribution is -2.47. The van der Waals surface area contributed by atoms with Crippen LogP contribution in [0.4, 0.5) is 0 Å². The number of aliphatic hydroxyl groups excluding tert-OH is 2. The number of oxazole rings is 1. The number of rotatable bonds is 9. The van der Waals surface area contributed by atoms with E-state index in [0.29, 0.717) is 12.8 Å². The summed E-state index contributed by atoms with van der Waals surface area (Å²) in [6, 6.07) is 15.4. The van der Waals surface area contributed by atoms with Gasteiger partial charge in [-0.15, -0.1) is 0 Å². The summed E-state index contributed by atoms with van der Waals surface area (Å²) < 4.78 is 11.4. The summed E-state index contributed by atoms with van der Waals surface area (Å²) in [6.07, 6.45) is 2.85. The molecule has 29 heavy (non-hydrogen) atoms. The van der Waals surface area contributed by atoms with E-state index >= 15 is 0 Å². The third kappa shape index (κ3) is 5.44. The maximum absolute atomic E-state index is 9.28. The topological polar surface area (TPSA) is 102 Å². The van der Waals surface area contributed by atoms with E-state index in [0.717, 1.165) is 34.2 Å². The Morgan fingerprint density at radius 3 is 2.10 bits per heavy atom. The van der Waals surface area contributed by atoms with Gasteiger partial charge in [0, 0.05) is 11.5 Å². The molecule has 0 amide bonds. The molecule has 0 aliphatic heterocycles. The first-order valence-electron chi connectivity index (χ1n) is 9.76. The quantitative estimate of drug-likeness (QED) is 0.507. The van der Waals surface area contributed by atoms with Gasteiger partial charge in [-0.25, -0.2) is 4.98 Å². The Labute approximate surface area is 171 Å². The van der Waals surface area contributed by atoms with Crippen LogP contribution in [0.5, 0.6) is 11.5 Å². The largest absolute Gasteiger partial charge is 0.457 e. The van der Waals surface area contributed by atoms with E-state index in [1.165, 1.54) is 0 Å². The summed E-state index contributed by atoms with van der Waals surface area (Å²) in [5.41, 5.74) is 7.81. The molecule has 0 saturated carbocycles. The summed E-state index contributed by atoms with van der Waals surface area (Å²) in [5, 5.41) is 18.6. The van der Waals surface area contributed by atoms with Crippen molar-refractivity contribution in [2.45, 2.75) is 38.1 Å². The first kappa shape index (κ1) is 21.0. The molecule has 1 aromatic heterocycles. The molecule has 0 saturated heterocycles. The molecular formula is C23H28N2O4. The number of aliphatic hydroxyl groups is 2. The van der Waals surface area contributed by atoms with Gasteiger partial charge in [-0.2, -0.15) is 0 Å². The van der Waals surface area contributed by atoms with E-state index in [4.69, 9.17) is 14.9 Å². The van der Waals surface area contributed by atoms with E-state index in [1.807, 2.05) is 62.4 Å². The van der Waals surface area contributed by atoms with Crippen molar-refractivity contribution in [3.8, 4) is 22.8 Å². The molecule has 154 valence electrons. The van der Waals surface area contributed by atoms with E-state index in [-0.39, 0.29) is 19.1 Å². The van der Waals surface area contributed by atoms with E-state index in [2.05, 4.69) is 4.98 Å². The average Bonchev–Trinajstić information content (AvgIpc) is 3.24. The number of aromatic nitrogens is 1. The number of nitrogens with two attached hydrogens (primary N) is 1. The second-order valence-corrected chi connectivity index (χ2v) is 7.67. The summed E-state index contributed by atoms with van der Waals surface area (Å²) in [5.74, 6) is 2.44. The van der Waals surface area contributed by atoms with Crippen molar-refractivity contribution in [2.24, 2.45) is 5.73 Å². The van der Waals surface area contributed by atoms with Gasteiger partial charge in [0.05, 0.1) is 18.8 Å². The molecule has 6 heteroatoms. The predicted octanol–water partition coefficient (Wildman–Crippen LogP) is 3.87. The van der Waals surface area contributed by atoms with Crippen molar-refractivity contribution < 1.29 is 19.4 Å². The Balaban J connectivity index is 1.60. The fraction of sp³-hybridized carbons (Fsp3) is 0.348. The van der Waals surface area contributed by atoms with Crippen molar-refractivity contribution in [3.63, 3.8) is 0 Å². The van der Waals surface area contributed by atoms with Crippen LogP contribution in [-0.4, -0.2) is 33.9 Å². The summed E-state index contributed by atoms with van der Waals surface area (Å²) in [6.45, 7) is 3.61. The highest BCUT2D eigenvalue weighted by atomic mass is 16.5. The standard InChI is InChI=1S/C23H28N2O4/c1-16(2)22-25-21(13-28-22)18-5-9-20(10-6-18)29-19-7-3-17(4-8-19)11-12-23(24,14-26)15-27/h3-10,13,16,26-27H,11-12,14-15,24H2,1-2H3. The number of hydrogen-bond acceptors (Lipinski definition) is 6. The van der Waals surface area contributed by atoms with Crippen molar-refractivity contribution in [2.75, 3.05) is 13.2 Å². The minimum Gasteiger partial charge on any atom is -0.457 e. The molecule has 0 fully saturated rings. The zero-order valence-corrected chi connectivity index (χ0v) is 16.8. The van der Waals surface area contributed by atoms with Crippen molar-refractivity contribution >= 4 is 0 Å². The van der Waals surface area contributed by atoms with Gasteiger partial charge in [0.15, 0.2) is 5.89 Å². The summed E-state index contributed by atoms with van der Waals surface area (Å²) in [7, 11) is 0. The molecule has 4 N–H and O–H groups in total. The zero-order valence-electron chi connectivity index (χ0n) is 16.8. The van der Waals surface area contributed by atoms with Crippen molar-refractivity contribution in [1.82, 2.24) is 4.98 Å². The maximum Gasteiger partial charge on any atom is 0.197 e. The molecule has 1 heterocycles. The minimum absolute atomic E-state index is 0.242. The number of ether oxygens (including phenoxy) is 1. The molecule has 0 aliphatic carbocycles. The lowest BCUT2D eigenvalue weighted by atomic mass is 9.94. The third-order valence-corrected chi connectivity index (χ3v) is 4.87. The highest BCUT2D eigenvalue weighted by Gasteiger charge is 2.22. The van der Waals surface area contributed by atoms with Crippen LogP contribution in [0.25, 0.3) is 11.3 Å². The lowest BCUT2D eigenvalue weighted by molar-refractivity contribution is 0.115. The van der Waals surface area contributed by atoms with Crippen LogP contribution in [0.2, 0.25) is 0 Å². The maximum atomic E-state index is 9.28. The van der Waals surface area contributed by atoms with Gasteiger partial charge in [0.25, 0.3) is 0 Å². The number of benzene rings is 2. The smallest absolute Gasteiger partial charge is 0.197 e. The molecule has 2 aromatic carbocycles. The monoisotopic (exact) mass is 396 g/mol. The van der Waals surface area contributed by atoms with Crippen LogP contribution in [0, 0.1) is 0 Å². The first-order chi connectivity index (χ1) is 13.9. The summed E-state index contributed by atoms with van der Waals surface area (Å²) in [4.78, 5) is 4.50. The molecule has 0 atom stereocenters. The Morgan fingerprint density at radius 1 is 1.00 bits per heavy atom. The van der Waals surface area contributed by atoms with Crippen molar-refractivity contribution in [3.05, 3.63) is 66.2 Å². The van der Waals surface area contributed by atoms with Crippen LogP contribution in [-0.2, 0) is 6.42 Å². The highest BCUT2D eigenvalue weighted by Crippen LogP contribution is 2.27. The molecule has 6 nitrogen and oxygen atoms in total. The Morgan fingerprint density at radius 2 is 1.59 bits per heavy atom. The fourth-order valence-corrected chi connectivity index (χ4v) is 2.84. The summed E-state index contributed by atoms with van der Waals surface area (Å²) >= 11 is 0. The number of hydrogen-bond donors (Lipinski definition) is 3. The Bertz CT molecular complexity index is 897. The minimum atomic E-state index is -0.948. The lowest BCUT2D eigenvalue weighted by Gasteiger charge is -2.24. The first-order valence-corrected chi connectivity index (χ1v) is 9.76. The Hall–Kier alpha value is -2.67. The molecule has 0 spiro atoms. The normalized spacial score (nSPS) is 11.8. The van der Waals surface area contributed by atoms with Crippen molar-refractivity contribution in [1.29, 1.82) is 0 Å². The van der Waals surface area contributed by atoms with Crippen LogP contribution in [0.15, 0.2) is 59.2 Å². The molecule has 0 radical (unpaired) electrons. The molecule has 3 rings (SSSR count). The second kappa shape index (κ2) is 9.22. The molecule has 0 bridgehead atoms. The zero-order chi connectivity index (χ0) is 20.9. The van der Waals surface area contributed by atoms with Gasteiger partial charge >= 0.3 is 0 Å². The Kier molecular flexibility index (Phi) is 6.69.